The smallest absolute Gasteiger partial charge is 0.244 e. The van der Waals surface area contributed by atoms with Gasteiger partial charge in [-0.25, -0.2) is 8.42 Å². The number of methoxy groups -OCH3 is 1. The standard InChI is InChI=1S/C23H30Cl2N2O4S/c1-13(2)18-12-19(14(3)10-22(18)31-6)15(4)26-23(28)16(5)27(32(7,29)30)17-8-9-20(24)21(25)11-17/h8-13,15-16H,1-7H3,(H,26,28)/t15-,16-/m0/s1. The zero-order valence-electron chi connectivity index (χ0n) is 19.4. The Hall–Kier alpha value is -1.96. The summed E-state index contributed by atoms with van der Waals surface area (Å²) in [6.45, 7) is 9.50. The lowest BCUT2D eigenvalue weighted by molar-refractivity contribution is -0.122. The molecule has 6 nitrogen and oxygen atoms in total. The number of sulfonamides is 1. The molecule has 2 atom stereocenters. The number of nitrogens with one attached hydrogen (secondary N) is 1. The fourth-order valence-electron chi connectivity index (χ4n) is 3.65. The van der Waals surface area contributed by atoms with Gasteiger partial charge in [-0.05, 0) is 73.7 Å². The predicted octanol–water partition coefficient (Wildman–Crippen LogP) is 5.47. The SMILES string of the molecule is COc1cc(C)c([C@H](C)NC(=O)[C@H](C)N(c2ccc(Cl)c(Cl)c2)S(C)(=O)=O)cc1C(C)C. The third kappa shape index (κ3) is 5.88. The molecule has 0 aliphatic rings. The summed E-state index contributed by atoms with van der Waals surface area (Å²) in [6.07, 6.45) is 1.05. The van der Waals surface area contributed by atoms with Gasteiger partial charge in [-0.15, -0.1) is 0 Å². The number of hydrogen-bond donors (Lipinski definition) is 1. The van der Waals surface area contributed by atoms with Crippen molar-refractivity contribution in [3.8, 4) is 5.75 Å². The molecule has 176 valence electrons. The summed E-state index contributed by atoms with van der Waals surface area (Å²) < 4.78 is 31.6. The Kier molecular flexibility index (Phi) is 8.48. The molecule has 2 rings (SSSR count). The van der Waals surface area contributed by atoms with Crippen LogP contribution in [-0.2, 0) is 14.8 Å². The Morgan fingerprint density at radius 1 is 1.03 bits per heavy atom. The number of aryl methyl sites for hydroxylation is 1. The number of carbonyl (C=O) groups is 1. The topological polar surface area (TPSA) is 75.7 Å². The molecule has 9 heteroatoms. The van der Waals surface area contributed by atoms with Gasteiger partial charge >= 0.3 is 0 Å². The van der Waals surface area contributed by atoms with Gasteiger partial charge in [0, 0.05) is 0 Å². The van der Waals surface area contributed by atoms with Crippen LogP contribution in [0, 0.1) is 6.92 Å². The maximum absolute atomic E-state index is 13.1. The van der Waals surface area contributed by atoms with Gasteiger partial charge in [0.15, 0.2) is 0 Å². The summed E-state index contributed by atoms with van der Waals surface area (Å²) in [6, 6.07) is 7.08. The van der Waals surface area contributed by atoms with Gasteiger partial charge in [-0.1, -0.05) is 37.0 Å². The van der Waals surface area contributed by atoms with E-state index in [4.69, 9.17) is 27.9 Å². The van der Waals surface area contributed by atoms with E-state index in [0.29, 0.717) is 5.02 Å². The minimum Gasteiger partial charge on any atom is -0.496 e. The molecule has 0 heterocycles. The van der Waals surface area contributed by atoms with Gasteiger partial charge < -0.3 is 10.1 Å². The van der Waals surface area contributed by atoms with Crippen molar-refractivity contribution in [3.05, 3.63) is 57.1 Å². The van der Waals surface area contributed by atoms with E-state index in [-0.39, 0.29) is 22.7 Å². The number of ether oxygens (including phenoxy) is 1. The number of carbonyl (C=O) groups excluding carboxylic acids is 1. The summed E-state index contributed by atoms with van der Waals surface area (Å²) in [4.78, 5) is 13.1. The Morgan fingerprint density at radius 3 is 2.16 bits per heavy atom. The second-order valence-corrected chi connectivity index (χ2v) is 10.8. The fourth-order valence-corrected chi connectivity index (χ4v) is 5.11. The molecule has 0 saturated carbocycles. The third-order valence-electron chi connectivity index (χ3n) is 5.31. The fraction of sp³-hybridized carbons (Fsp3) is 0.435. The van der Waals surface area contributed by atoms with Gasteiger partial charge in [0.25, 0.3) is 0 Å². The van der Waals surface area contributed by atoms with Crippen molar-refractivity contribution < 1.29 is 17.9 Å². The molecule has 0 aromatic heterocycles. The molecule has 0 radical (unpaired) electrons. The average Bonchev–Trinajstić information content (AvgIpc) is 2.68. The minimum absolute atomic E-state index is 0.203. The van der Waals surface area contributed by atoms with Gasteiger partial charge in [-0.3, -0.25) is 9.10 Å². The van der Waals surface area contributed by atoms with Crippen molar-refractivity contribution in [3.63, 3.8) is 0 Å². The molecule has 0 aliphatic carbocycles. The van der Waals surface area contributed by atoms with E-state index in [1.165, 1.54) is 25.1 Å². The van der Waals surface area contributed by atoms with E-state index in [9.17, 15) is 13.2 Å². The highest BCUT2D eigenvalue weighted by molar-refractivity contribution is 7.92. The van der Waals surface area contributed by atoms with E-state index in [1.807, 2.05) is 26.0 Å². The Bertz CT molecular complexity index is 1100. The predicted molar refractivity (Wildman–Crippen MR) is 132 cm³/mol. The normalized spacial score (nSPS) is 13.6. The van der Waals surface area contributed by atoms with Crippen LogP contribution in [0.1, 0.15) is 56.3 Å². The summed E-state index contributed by atoms with van der Waals surface area (Å²) >= 11 is 12.0. The number of amides is 1. The summed E-state index contributed by atoms with van der Waals surface area (Å²) in [5.41, 5.74) is 3.21. The van der Waals surface area contributed by atoms with Crippen molar-refractivity contribution in [1.29, 1.82) is 0 Å². The third-order valence-corrected chi connectivity index (χ3v) is 7.29. The minimum atomic E-state index is -3.77. The van der Waals surface area contributed by atoms with Crippen molar-refractivity contribution in [1.82, 2.24) is 5.32 Å². The zero-order valence-corrected chi connectivity index (χ0v) is 21.7. The van der Waals surface area contributed by atoms with Gasteiger partial charge in [0.1, 0.15) is 11.8 Å². The van der Waals surface area contributed by atoms with Crippen LogP contribution < -0.4 is 14.4 Å². The quantitative estimate of drug-likeness (QED) is 0.521. The van der Waals surface area contributed by atoms with E-state index in [2.05, 4.69) is 19.2 Å². The molecule has 0 saturated heterocycles. The number of halogens is 2. The monoisotopic (exact) mass is 500 g/mol. The molecule has 0 aliphatic heterocycles. The van der Waals surface area contributed by atoms with Crippen LogP contribution in [0.5, 0.6) is 5.75 Å². The lowest BCUT2D eigenvalue weighted by atomic mass is 9.93. The summed E-state index contributed by atoms with van der Waals surface area (Å²) in [5, 5.41) is 3.44. The first-order valence-electron chi connectivity index (χ1n) is 10.2. The van der Waals surface area contributed by atoms with Gasteiger partial charge in [0.2, 0.25) is 15.9 Å². The first-order valence-corrected chi connectivity index (χ1v) is 12.8. The highest BCUT2D eigenvalue weighted by Crippen LogP contribution is 2.33. The average molecular weight is 501 g/mol. The van der Waals surface area contributed by atoms with Crippen LogP contribution in [0.2, 0.25) is 10.0 Å². The Morgan fingerprint density at radius 2 is 1.66 bits per heavy atom. The largest absolute Gasteiger partial charge is 0.496 e. The van der Waals surface area contributed by atoms with Crippen LogP contribution in [0.25, 0.3) is 0 Å². The van der Waals surface area contributed by atoms with E-state index < -0.39 is 22.0 Å². The summed E-state index contributed by atoms with van der Waals surface area (Å²) in [5.74, 6) is 0.604. The lowest BCUT2D eigenvalue weighted by Gasteiger charge is -2.30. The molecule has 2 aromatic rings. The molecule has 1 amide bonds. The first-order chi connectivity index (χ1) is 14.8. The summed E-state index contributed by atoms with van der Waals surface area (Å²) in [7, 11) is -2.14. The lowest BCUT2D eigenvalue weighted by Crippen LogP contribution is -2.48. The molecule has 1 N–H and O–H groups in total. The van der Waals surface area contributed by atoms with E-state index >= 15 is 0 Å². The molecule has 0 spiro atoms. The number of rotatable bonds is 8. The molecule has 0 fully saturated rings. The molecular formula is C23H30Cl2N2O4S. The van der Waals surface area contributed by atoms with Crippen molar-refractivity contribution in [2.75, 3.05) is 17.7 Å². The molecule has 32 heavy (non-hydrogen) atoms. The number of nitrogens with zero attached hydrogens (tertiary/aromatic N) is 1. The van der Waals surface area contributed by atoms with Gasteiger partial charge in [0.05, 0.1) is 35.1 Å². The van der Waals surface area contributed by atoms with Crippen LogP contribution in [-0.4, -0.2) is 33.7 Å². The Labute approximate surface area is 200 Å². The number of anilines is 1. The van der Waals surface area contributed by atoms with Crippen molar-refractivity contribution >= 4 is 44.8 Å². The van der Waals surface area contributed by atoms with Crippen LogP contribution in [0.15, 0.2) is 30.3 Å². The zero-order chi connectivity index (χ0) is 24.4. The van der Waals surface area contributed by atoms with Crippen molar-refractivity contribution in [2.45, 2.75) is 52.6 Å². The van der Waals surface area contributed by atoms with Crippen molar-refractivity contribution in [2.24, 2.45) is 0 Å². The first kappa shape index (κ1) is 26.3. The van der Waals surface area contributed by atoms with Gasteiger partial charge in [-0.2, -0.15) is 0 Å². The molecule has 2 aromatic carbocycles. The van der Waals surface area contributed by atoms with Crippen LogP contribution in [0.3, 0.4) is 0 Å². The van der Waals surface area contributed by atoms with E-state index in [1.54, 1.807) is 7.11 Å². The molecule has 0 bridgehead atoms. The second kappa shape index (κ2) is 10.3. The molecule has 0 unspecified atom stereocenters. The number of hydrogen-bond acceptors (Lipinski definition) is 4. The highest BCUT2D eigenvalue weighted by Gasteiger charge is 2.30. The van der Waals surface area contributed by atoms with Crippen LogP contribution in [0.4, 0.5) is 5.69 Å². The second-order valence-electron chi connectivity index (χ2n) is 8.17. The maximum atomic E-state index is 13.1. The molecular weight excluding hydrogens is 471 g/mol. The highest BCUT2D eigenvalue weighted by atomic mass is 35.5. The Balaban J connectivity index is 2.35. The number of benzene rings is 2. The maximum Gasteiger partial charge on any atom is 0.244 e. The van der Waals surface area contributed by atoms with E-state index in [0.717, 1.165) is 33.0 Å². The van der Waals surface area contributed by atoms with Crippen LogP contribution >= 0.6 is 23.2 Å².